The minimum Gasteiger partial charge on any atom is -0.466 e. The molecule has 0 saturated heterocycles. The predicted octanol–water partition coefficient (Wildman–Crippen LogP) is 4.12. The molecule has 11 heteroatoms. The molecular formula is C33H44O11. The van der Waals surface area contributed by atoms with Crippen LogP contribution in [0.1, 0.15) is 80.1 Å². The Bertz CT molecular complexity index is 1270. The van der Waals surface area contributed by atoms with E-state index in [-0.39, 0.29) is 29.7 Å². The van der Waals surface area contributed by atoms with Crippen LogP contribution in [-0.4, -0.2) is 67.7 Å². The van der Waals surface area contributed by atoms with E-state index in [0.29, 0.717) is 25.7 Å². The number of fused-ring (bicyclic) bond motifs is 5. The van der Waals surface area contributed by atoms with Gasteiger partial charge in [-0.25, -0.2) is 9.59 Å². The fourth-order valence-corrected chi connectivity index (χ4v) is 8.13. The average molecular weight is 617 g/mol. The van der Waals surface area contributed by atoms with Gasteiger partial charge >= 0.3 is 29.8 Å². The molecule has 4 aliphatic carbocycles. The first-order chi connectivity index (χ1) is 20.5. The maximum absolute atomic E-state index is 12.7. The third-order valence-corrected chi connectivity index (χ3v) is 9.78. The molecule has 0 aliphatic heterocycles. The van der Waals surface area contributed by atoms with E-state index in [1.807, 2.05) is 13.0 Å². The standard InChI is InChI=1S/C27H36O7.C6H8O4/c1-15(28)21-11-12-22-23-10-8-19-7-9-20(32-16(2)29)13-26(19,6)27(23,34-18(4)31)24(33-17(3)30)14-25(21,22)5;1-9-5(7)3-4-6(8)10-2/h8,10,20-22,24H,7,9,11-14H2,1-6H3;3-4H,1-2H3/t20?,21-,22+,24?,25-,26+,27+;/m1./s1. The van der Waals surface area contributed by atoms with Gasteiger partial charge in [0.15, 0.2) is 5.60 Å². The number of ketones is 1. The van der Waals surface area contributed by atoms with Crippen LogP contribution in [-0.2, 0) is 52.5 Å². The summed E-state index contributed by atoms with van der Waals surface area (Å²) in [4.78, 5) is 70.1. The highest BCUT2D eigenvalue weighted by Crippen LogP contribution is 2.68. The Balaban J connectivity index is 0.000000456. The second-order valence-corrected chi connectivity index (χ2v) is 12.4. The van der Waals surface area contributed by atoms with E-state index in [2.05, 4.69) is 22.5 Å². The van der Waals surface area contributed by atoms with Gasteiger partial charge in [0.25, 0.3) is 0 Å². The van der Waals surface area contributed by atoms with Crippen molar-refractivity contribution in [3.8, 4) is 0 Å². The fourth-order valence-electron chi connectivity index (χ4n) is 8.13. The predicted molar refractivity (Wildman–Crippen MR) is 157 cm³/mol. The summed E-state index contributed by atoms with van der Waals surface area (Å²) >= 11 is 0. The lowest BCUT2D eigenvalue weighted by Gasteiger charge is -2.62. The van der Waals surface area contributed by atoms with Crippen molar-refractivity contribution in [2.24, 2.45) is 22.7 Å². The van der Waals surface area contributed by atoms with Crippen molar-refractivity contribution in [3.63, 3.8) is 0 Å². The summed E-state index contributed by atoms with van der Waals surface area (Å²) in [5.41, 5.74) is -0.336. The highest BCUT2D eigenvalue weighted by atomic mass is 16.6. The van der Waals surface area contributed by atoms with Crippen LogP contribution in [0.4, 0.5) is 0 Å². The SMILES string of the molecule is CC(=O)OC1CCC2=CC=C3[C@@H]4CC[C@H](C(C)=O)[C@@]4(C)CC(OC(C)=O)[C@]3(OC(C)=O)[C@@]2(C)C1.COC(=O)C=CC(=O)OC. The van der Waals surface area contributed by atoms with Crippen LogP contribution in [0.15, 0.2) is 35.5 Å². The van der Waals surface area contributed by atoms with Gasteiger partial charge in [-0.05, 0) is 62.4 Å². The first-order valence-electron chi connectivity index (χ1n) is 14.9. The normalized spacial score (nSPS) is 33.5. The fraction of sp³-hybridized carbons (Fsp3) is 0.636. The average Bonchev–Trinajstić information content (AvgIpc) is 3.27. The van der Waals surface area contributed by atoms with E-state index in [4.69, 9.17) is 14.2 Å². The van der Waals surface area contributed by atoms with Crippen molar-refractivity contribution >= 4 is 35.6 Å². The minimum atomic E-state index is -1.22. The van der Waals surface area contributed by atoms with Crippen molar-refractivity contribution in [2.75, 3.05) is 14.2 Å². The Labute approximate surface area is 258 Å². The lowest BCUT2D eigenvalue weighted by Crippen LogP contribution is -2.68. The maximum atomic E-state index is 12.7. The summed E-state index contributed by atoms with van der Waals surface area (Å²) in [6.07, 6.45) is 8.86. The summed E-state index contributed by atoms with van der Waals surface area (Å²) in [5.74, 6) is -2.41. The largest absolute Gasteiger partial charge is 0.466 e. The van der Waals surface area contributed by atoms with Crippen LogP contribution < -0.4 is 0 Å². The zero-order chi connectivity index (χ0) is 33.0. The Morgan fingerprint density at radius 1 is 0.773 bits per heavy atom. The zero-order valence-electron chi connectivity index (χ0n) is 26.9. The van der Waals surface area contributed by atoms with E-state index >= 15 is 0 Å². The molecule has 0 aromatic carbocycles. The lowest BCUT2D eigenvalue weighted by atomic mass is 9.46. The summed E-state index contributed by atoms with van der Waals surface area (Å²) < 4.78 is 26.4. The second-order valence-electron chi connectivity index (χ2n) is 12.4. The molecule has 44 heavy (non-hydrogen) atoms. The van der Waals surface area contributed by atoms with Gasteiger partial charge in [0.2, 0.25) is 0 Å². The molecule has 242 valence electrons. The number of rotatable bonds is 6. The van der Waals surface area contributed by atoms with Crippen molar-refractivity contribution in [3.05, 3.63) is 35.5 Å². The molecule has 7 atom stereocenters. The van der Waals surface area contributed by atoms with Gasteiger partial charge in [-0.2, -0.15) is 0 Å². The molecule has 2 unspecified atom stereocenters. The van der Waals surface area contributed by atoms with Gasteiger partial charge in [0.05, 0.1) is 14.2 Å². The Hall–Kier alpha value is -3.76. The molecule has 0 bridgehead atoms. The number of carbonyl (C=O) groups excluding carboxylic acids is 6. The summed E-state index contributed by atoms with van der Waals surface area (Å²) in [5, 5.41) is 0. The van der Waals surface area contributed by atoms with Gasteiger partial charge < -0.3 is 23.7 Å². The Morgan fingerprint density at radius 3 is 1.86 bits per heavy atom. The number of ether oxygens (including phenoxy) is 5. The van der Waals surface area contributed by atoms with Crippen molar-refractivity contribution in [1.29, 1.82) is 0 Å². The Kier molecular flexibility index (Phi) is 10.6. The van der Waals surface area contributed by atoms with Crippen LogP contribution >= 0.6 is 0 Å². The Morgan fingerprint density at radius 2 is 1.36 bits per heavy atom. The molecular weight excluding hydrogens is 572 g/mol. The van der Waals surface area contributed by atoms with Gasteiger partial charge in [-0.3, -0.25) is 19.2 Å². The topological polar surface area (TPSA) is 149 Å². The maximum Gasteiger partial charge on any atom is 0.330 e. The van der Waals surface area contributed by atoms with E-state index in [1.54, 1.807) is 6.92 Å². The number of carbonyl (C=O) groups is 6. The molecule has 4 rings (SSSR count). The van der Waals surface area contributed by atoms with Crippen LogP contribution in [0.3, 0.4) is 0 Å². The molecule has 11 nitrogen and oxygen atoms in total. The van der Waals surface area contributed by atoms with Gasteiger partial charge in [-0.1, -0.05) is 31.6 Å². The molecule has 0 amide bonds. The summed E-state index contributed by atoms with van der Waals surface area (Å²) in [7, 11) is 2.45. The third-order valence-electron chi connectivity index (χ3n) is 9.78. The number of Topliss-reactive ketones (excluding diaryl/α,β-unsaturated/α-hetero) is 1. The summed E-state index contributed by atoms with van der Waals surface area (Å²) in [6.45, 7) is 9.92. The molecule has 0 N–H and O–H groups in total. The first kappa shape index (κ1) is 34.7. The van der Waals surface area contributed by atoms with Crippen LogP contribution in [0.25, 0.3) is 0 Å². The molecule has 4 aliphatic rings. The van der Waals surface area contributed by atoms with Crippen molar-refractivity contribution in [2.45, 2.75) is 97.9 Å². The lowest BCUT2D eigenvalue weighted by molar-refractivity contribution is -0.219. The van der Waals surface area contributed by atoms with E-state index < -0.39 is 46.4 Å². The quantitative estimate of drug-likeness (QED) is 0.241. The molecule has 0 spiro atoms. The highest BCUT2D eigenvalue weighted by molar-refractivity contribution is 5.91. The second kappa shape index (κ2) is 13.5. The number of allylic oxidation sites excluding steroid dienone is 2. The van der Waals surface area contributed by atoms with E-state index in [9.17, 15) is 28.8 Å². The first-order valence-corrected chi connectivity index (χ1v) is 14.9. The van der Waals surface area contributed by atoms with Crippen LogP contribution in [0.2, 0.25) is 0 Å². The molecule has 3 saturated carbocycles. The monoisotopic (exact) mass is 616 g/mol. The highest BCUT2D eigenvalue weighted by Gasteiger charge is 2.71. The molecule has 0 radical (unpaired) electrons. The summed E-state index contributed by atoms with van der Waals surface area (Å²) in [6, 6.07) is 0. The van der Waals surface area contributed by atoms with Crippen molar-refractivity contribution < 1.29 is 52.5 Å². The van der Waals surface area contributed by atoms with E-state index in [1.165, 1.54) is 35.0 Å². The number of hydrogen-bond acceptors (Lipinski definition) is 11. The number of methoxy groups -OCH3 is 2. The van der Waals surface area contributed by atoms with E-state index in [0.717, 1.165) is 36.1 Å². The minimum absolute atomic E-state index is 0.0104. The third kappa shape index (κ3) is 6.51. The smallest absolute Gasteiger partial charge is 0.330 e. The molecule has 0 aromatic heterocycles. The van der Waals surface area contributed by atoms with Gasteiger partial charge in [-0.15, -0.1) is 0 Å². The number of hydrogen-bond donors (Lipinski definition) is 0. The molecule has 0 aromatic rings. The van der Waals surface area contributed by atoms with Crippen LogP contribution in [0, 0.1) is 22.7 Å². The zero-order valence-corrected chi connectivity index (χ0v) is 26.9. The molecule has 0 heterocycles. The molecule has 3 fully saturated rings. The number of esters is 5. The van der Waals surface area contributed by atoms with Crippen molar-refractivity contribution in [1.82, 2.24) is 0 Å². The van der Waals surface area contributed by atoms with Gasteiger partial charge in [0, 0.05) is 44.3 Å². The van der Waals surface area contributed by atoms with Crippen LogP contribution in [0.5, 0.6) is 0 Å². The van der Waals surface area contributed by atoms with Gasteiger partial charge in [0.1, 0.15) is 18.0 Å².